The number of carboxylic acid groups (broad SMARTS) is 1. The molecule has 3 aromatic rings. The molecular formula is C25H22N2O6. The number of hydrogen-bond donors (Lipinski definition) is 3. The fourth-order valence-electron chi connectivity index (χ4n) is 4.41. The van der Waals surface area contributed by atoms with Crippen molar-refractivity contribution in [3.05, 3.63) is 77.7 Å². The second-order valence-electron chi connectivity index (χ2n) is 8.26. The van der Waals surface area contributed by atoms with Gasteiger partial charge in [-0.2, -0.15) is 0 Å². The van der Waals surface area contributed by atoms with E-state index < -0.39 is 23.9 Å². The van der Waals surface area contributed by atoms with Crippen molar-refractivity contribution in [3.63, 3.8) is 0 Å². The fraction of sp³-hybridized carbons (Fsp3) is 0.240. The molecule has 2 aliphatic carbocycles. The molecule has 2 unspecified atom stereocenters. The number of hydrogen-bond acceptors (Lipinski definition) is 5. The Morgan fingerprint density at radius 2 is 1.67 bits per heavy atom. The van der Waals surface area contributed by atoms with Crippen LogP contribution >= 0.6 is 0 Å². The monoisotopic (exact) mass is 446 g/mol. The molecule has 33 heavy (non-hydrogen) atoms. The summed E-state index contributed by atoms with van der Waals surface area (Å²) in [6.45, 7) is 0.387. The average Bonchev–Trinajstić information content (AvgIpc) is 3.35. The zero-order chi connectivity index (χ0) is 22.9. The number of carbonyl (C=O) groups excluding carboxylic acids is 2. The van der Waals surface area contributed by atoms with Gasteiger partial charge in [0.15, 0.2) is 0 Å². The lowest BCUT2D eigenvalue weighted by molar-refractivity contribution is -0.138. The first-order chi connectivity index (χ1) is 16.0. The Morgan fingerprint density at radius 3 is 2.30 bits per heavy atom. The zero-order valence-electron chi connectivity index (χ0n) is 17.6. The summed E-state index contributed by atoms with van der Waals surface area (Å²) in [5.41, 5.74) is 4.67. The molecule has 0 aliphatic heterocycles. The molecular weight excluding hydrogens is 424 g/mol. The van der Waals surface area contributed by atoms with Crippen LogP contribution in [0.5, 0.6) is 0 Å². The summed E-state index contributed by atoms with van der Waals surface area (Å²) < 4.78 is 10.7. The molecule has 3 N–H and O–H groups in total. The van der Waals surface area contributed by atoms with Crippen LogP contribution in [0.4, 0.5) is 10.5 Å². The van der Waals surface area contributed by atoms with Gasteiger partial charge in [-0.1, -0.05) is 48.5 Å². The van der Waals surface area contributed by atoms with Crippen LogP contribution in [0, 0.1) is 11.8 Å². The van der Waals surface area contributed by atoms with Gasteiger partial charge in [0.05, 0.1) is 17.9 Å². The third-order valence-electron chi connectivity index (χ3n) is 6.22. The molecule has 8 nitrogen and oxygen atoms in total. The van der Waals surface area contributed by atoms with Crippen LogP contribution in [0.1, 0.15) is 34.0 Å². The molecule has 2 atom stereocenters. The van der Waals surface area contributed by atoms with Crippen LogP contribution in [0.25, 0.3) is 11.1 Å². The molecule has 1 aromatic heterocycles. The number of furan rings is 1. The molecule has 1 heterocycles. The van der Waals surface area contributed by atoms with Crippen LogP contribution in [-0.2, 0) is 9.53 Å². The Morgan fingerprint density at radius 1 is 1.00 bits per heavy atom. The number of anilines is 1. The molecule has 2 aliphatic rings. The second kappa shape index (κ2) is 8.46. The van der Waals surface area contributed by atoms with Gasteiger partial charge in [-0.3, -0.25) is 14.9 Å². The van der Waals surface area contributed by atoms with E-state index in [9.17, 15) is 14.4 Å². The lowest BCUT2D eigenvalue weighted by Crippen LogP contribution is -2.27. The number of benzene rings is 2. The maximum atomic E-state index is 12.5. The normalized spacial score (nSPS) is 18.2. The Bertz CT molecular complexity index is 1190. The van der Waals surface area contributed by atoms with Gasteiger partial charge in [0.25, 0.3) is 5.91 Å². The van der Waals surface area contributed by atoms with E-state index in [-0.39, 0.29) is 36.4 Å². The highest BCUT2D eigenvalue weighted by Gasteiger charge is 2.43. The van der Waals surface area contributed by atoms with E-state index in [1.807, 2.05) is 36.4 Å². The number of fused-ring (bicyclic) bond motifs is 3. The number of ether oxygens (including phenoxy) is 1. The minimum atomic E-state index is -0.857. The van der Waals surface area contributed by atoms with Crippen molar-refractivity contribution >= 4 is 23.7 Å². The molecule has 5 rings (SSSR count). The van der Waals surface area contributed by atoms with Gasteiger partial charge >= 0.3 is 12.1 Å². The Balaban J connectivity index is 1.20. The van der Waals surface area contributed by atoms with E-state index in [4.69, 9.17) is 14.3 Å². The predicted octanol–water partition coefficient (Wildman–Crippen LogP) is 4.09. The molecule has 0 spiro atoms. The van der Waals surface area contributed by atoms with Crippen molar-refractivity contribution in [2.45, 2.75) is 12.3 Å². The van der Waals surface area contributed by atoms with Crippen molar-refractivity contribution in [1.82, 2.24) is 5.32 Å². The van der Waals surface area contributed by atoms with Gasteiger partial charge < -0.3 is 19.6 Å². The summed E-state index contributed by atoms with van der Waals surface area (Å²) in [5, 5.41) is 14.2. The second-order valence-corrected chi connectivity index (χ2v) is 8.26. The summed E-state index contributed by atoms with van der Waals surface area (Å²) in [4.78, 5) is 35.8. The first kappa shape index (κ1) is 20.8. The Kier molecular flexibility index (Phi) is 5.34. The molecule has 8 heteroatoms. The summed E-state index contributed by atoms with van der Waals surface area (Å²) in [7, 11) is 0. The number of carboxylic acids is 1. The summed E-state index contributed by atoms with van der Waals surface area (Å²) >= 11 is 0. The SMILES string of the molecule is O=C(Nc1ccoc1C(=O)NCC1CC1C(=O)O)OCC1c2ccccc2-c2ccccc21. The maximum absolute atomic E-state index is 12.5. The van der Waals surface area contributed by atoms with Crippen molar-refractivity contribution in [2.75, 3.05) is 18.5 Å². The number of rotatable bonds is 7. The minimum absolute atomic E-state index is 0.0592. The number of aliphatic carboxylic acids is 1. The van der Waals surface area contributed by atoms with E-state index in [0.717, 1.165) is 22.3 Å². The first-order valence-corrected chi connectivity index (χ1v) is 10.7. The summed E-state index contributed by atoms with van der Waals surface area (Å²) in [6, 6.07) is 17.6. The molecule has 2 aromatic carbocycles. The highest BCUT2D eigenvalue weighted by atomic mass is 16.5. The molecule has 1 fully saturated rings. The smallest absolute Gasteiger partial charge is 0.411 e. The number of amides is 2. The van der Waals surface area contributed by atoms with Crippen molar-refractivity contribution in [2.24, 2.45) is 11.8 Å². The van der Waals surface area contributed by atoms with E-state index in [1.54, 1.807) is 0 Å². The van der Waals surface area contributed by atoms with Crippen LogP contribution in [0.15, 0.2) is 65.3 Å². The molecule has 168 valence electrons. The van der Waals surface area contributed by atoms with Crippen molar-refractivity contribution < 1.29 is 28.6 Å². The fourth-order valence-corrected chi connectivity index (χ4v) is 4.41. The predicted molar refractivity (Wildman–Crippen MR) is 119 cm³/mol. The first-order valence-electron chi connectivity index (χ1n) is 10.7. The third-order valence-corrected chi connectivity index (χ3v) is 6.22. The minimum Gasteiger partial charge on any atom is -0.481 e. The van der Waals surface area contributed by atoms with E-state index in [1.165, 1.54) is 12.3 Å². The van der Waals surface area contributed by atoms with E-state index >= 15 is 0 Å². The van der Waals surface area contributed by atoms with Crippen LogP contribution in [0.3, 0.4) is 0 Å². The van der Waals surface area contributed by atoms with E-state index in [0.29, 0.717) is 6.42 Å². The largest absolute Gasteiger partial charge is 0.481 e. The third kappa shape index (κ3) is 4.07. The highest BCUT2D eigenvalue weighted by Crippen LogP contribution is 2.44. The topological polar surface area (TPSA) is 118 Å². The van der Waals surface area contributed by atoms with Crippen LogP contribution in [0.2, 0.25) is 0 Å². The van der Waals surface area contributed by atoms with Gasteiger partial charge in [-0.25, -0.2) is 4.79 Å². The maximum Gasteiger partial charge on any atom is 0.411 e. The zero-order valence-corrected chi connectivity index (χ0v) is 17.6. The standard InChI is InChI=1S/C25H22N2O6/c28-23(26-12-14-11-19(14)24(29)30)22-21(9-10-32-22)27-25(31)33-13-20-17-7-3-1-5-15(17)16-6-2-4-8-18(16)20/h1-10,14,19-20H,11-13H2,(H,26,28)(H,27,31)(H,29,30). The quantitative estimate of drug-likeness (QED) is 0.503. The van der Waals surface area contributed by atoms with Crippen molar-refractivity contribution in [1.29, 1.82) is 0 Å². The Labute approximate surface area is 189 Å². The molecule has 0 saturated heterocycles. The van der Waals surface area contributed by atoms with Crippen molar-refractivity contribution in [3.8, 4) is 11.1 Å². The molecule has 0 radical (unpaired) electrons. The van der Waals surface area contributed by atoms with E-state index in [2.05, 4.69) is 22.8 Å². The van der Waals surface area contributed by atoms with Gasteiger partial charge in [-0.05, 0) is 34.6 Å². The summed E-state index contributed by atoms with van der Waals surface area (Å²) in [5.74, 6) is -2.01. The molecule has 1 saturated carbocycles. The number of nitrogens with one attached hydrogen (secondary N) is 2. The average molecular weight is 446 g/mol. The van der Waals surface area contributed by atoms with Crippen LogP contribution < -0.4 is 10.6 Å². The van der Waals surface area contributed by atoms with Gasteiger partial charge in [0, 0.05) is 18.5 Å². The highest BCUT2D eigenvalue weighted by molar-refractivity contribution is 6.00. The number of carbonyl (C=O) groups is 3. The summed E-state index contributed by atoms with van der Waals surface area (Å²) in [6.07, 6.45) is 1.14. The van der Waals surface area contributed by atoms with Gasteiger partial charge in [-0.15, -0.1) is 0 Å². The molecule has 2 amide bonds. The Hall–Kier alpha value is -4.07. The van der Waals surface area contributed by atoms with Gasteiger partial charge in [0.2, 0.25) is 5.76 Å². The lowest BCUT2D eigenvalue weighted by atomic mass is 9.98. The van der Waals surface area contributed by atoms with Crippen LogP contribution in [-0.4, -0.2) is 36.2 Å². The lowest BCUT2D eigenvalue weighted by Gasteiger charge is -2.14. The molecule has 0 bridgehead atoms. The van der Waals surface area contributed by atoms with Gasteiger partial charge in [0.1, 0.15) is 6.61 Å².